The van der Waals surface area contributed by atoms with E-state index in [1.54, 1.807) is 11.0 Å². The van der Waals surface area contributed by atoms with Crippen LogP contribution in [0.5, 0.6) is 0 Å². The van der Waals surface area contributed by atoms with E-state index in [0.29, 0.717) is 55.9 Å². The van der Waals surface area contributed by atoms with E-state index in [9.17, 15) is 19.8 Å². The van der Waals surface area contributed by atoms with Crippen LogP contribution >= 0.6 is 11.3 Å². The van der Waals surface area contributed by atoms with Gasteiger partial charge in [-0.2, -0.15) is 0 Å². The molecule has 2 N–H and O–H groups in total. The Morgan fingerprint density at radius 1 is 1.24 bits per heavy atom. The van der Waals surface area contributed by atoms with Crippen molar-refractivity contribution in [2.45, 2.75) is 96.8 Å². The molecule has 7 nitrogen and oxygen atoms in total. The van der Waals surface area contributed by atoms with E-state index in [-0.39, 0.29) is 40.9 Å². The van der Waals surface area contributed by atoms with Gasteiger partial charge in [0.15, 0.2) is 0 Å². The summed E-state index contributed by atoms with van der Waals surface area (Å²) >= 11 is 1.13. The summed E-state index contributed by atoms with van der Waals surface area (Å²) < 4.78 is 11.3. The third-order valence-corrected chi connectivity index (χ3v) is 8.71. The summed E-state index contributed by atoms with van der Waals surface area (Å²) in [5, 5.41) is 21.3. The van der Waals surface area contributed by atoms with Gasteiger partial charge < -0.3 is 24.6 Å². The van der Waals surface area contributed by atoms with Crippen molar-refractivity contribution < 1.29 is 29.3 Å². The number of rotatable bonds is 7. The van der Waals surface area contributed by atoms with Gasteiger partial charge in [-0.15, -0.1) is 11.3 Å². The van der Waals surface area contributed by atoms with Gasteiger partial charge in [-0.1, -0.05) is 23.5 Å². The summed E-state index contributed by atoms with van der Waals surface area (Å²) in [7, 11) is 0. The summed E-state index contributed by atoms with van der Waals surface area (Å²) in [5.41, 5.74) is 0.548. The second-order valence-corrected chi connectivity index (χ2v) is 13.2. The molecule has 38 heavy (non-hydrogen) atoms. The molecule has 0 aromatic carbocycles. The molecule has 1 amide bonds. The van der Waals surface area contributed by atoms with E-state index in [1.807, 2.05) is 20.8 Å². The first kappa shape index (κ1) is 28.8. The predicted molar refractivity (Wildman–Crippen MR) is 149 cm³/mol. The van der Waals surface area contributed by atoms with Crippen molar-refractivity contribution in [2.75, 3.05) is 24.7 Å². The van der Waals surface area contributed by atoms with Gasteiger partial charge in [0.05, 0.1) is 35.5 Å². The molecule has 8 heteroatoms. The number of aromatic carboxylic acids is 1. The van der Waals surface area contributed by atoms with Crippen molar-refractivity contribution in [1.29, 1.82) is 0 Å². The van der Waals surface area contributed by atoms with Gasteiger partial charge in [0.2, 0.25) is 5.91 Å². The number of carbonyl (C=O) groups excluding carboxylic acids is 1. The number of carboxylic acids is 1. The minimum absolute atomic E-state index is 0.0224. The molecule has 1 aromatic heterocycles. The van der Waals surface area contributed by atoms with Crippen LogP contribution in [0.4, 0.5) is 5.69 Å². The first-order valence-electron chi connectivity index (χ1n) is 13.7. The average Bonchev–Trinajstić information content (AvgIpc) is 3.53. The molecule has 208 valence electrons. The lowest BCUT2D eigenvalue weighted by Gasteiger charge is -2.42. The number of hydrogen-bond acceptors (Lipinski definition) is 6. The van der Waals surface area contributed by atoms with E-state index < -0.39 is 11.6 Å². The smallest absolute Gasteiger partial charge is 0.348 e. The maximum Gasteiger partial charge on any atom is 0.348 e. The molecule has 1 saturated heterocycles. The summed E-state index contributed by atoms with van der Waals surface area (Å²) in [6, 6.07) is 1.58. The lowest BCUT2D eigenvalue weighted by Crippen LogP contribution is -2.50. The van der Waals surface area contributed by atoms with Crippen LogP contribution in [-0.2, 0) is 14.3 Å². The van der Waals surface area contributed by atoms with Crippen LogP contribution in [0.2, 0.25) is 0 Å². The van der Waals surface area contributed by atoms with Crippen molar-refractivity contribution in [3.05, 3.63) is 27.5 Å². The van der Waals surface area contributed by atoms with Crippen molar-refractivity contribution in [3.63, 3.8) is 0 Å². The zero-order valence-corrected chi connectivity index (χ0v) is 23.9. The van der Waals surface area contributed by atoms with E-state index in [0.717, 1.165) is 30.6 Å². The Balaban J connectivity index is 1.60. The monoisotopic (exact) mass is 543 g/mol. The number of aliphatic hydroxyl groups is 1. The molecule has 0 spiro atoms. The summed E-state index contributed by atoms with van der Waals surface area (Å²) in [6.07, 6.45) is 7.41. The molecular weight excluding hydrogens is 502 g/mol. The number of anilines is 1. The Labute approximate surface area is 230 Å². The number of nitrogens with zero attached hydrogens (tertiary/aromatic N) is 1. The summed E-state index contributed by atoms with van der Waals surface area (Å²) in [6.45, 7) is 9.61. The van der Waals surface area contributed by atoms with Crippen molar-refractivity contribution in [2.24, 2.45) is 11.3 Å². The van der Waals surface area contributed by atoms with E-state index in [1.165, 1.54) is 5.57 Å². The lowest BCUT2D eigenvalue weighted by molar-refractivity contribution is -0.124. The lowest BCUT2D eigenvalue weighted by atomic mass is 9.81. The molecule has 2 atom stereocenters. The van der Waals surface area contributed by atoms with E-state index >= 15 is 0 Å². The zero-order chi connectivity index (χ0) is 27.5. The normalized spacial score (nSPS) is 27.8. The van der Waals surface area contributed by atoms with Gasteiger partial charge >= 0.3 is 5.97 Å². The highest BCUT2D eigenvalue weighted by Crippen LogP contribution is 2.40. The molecule has 0 bridgehead atoms. The van der Waals surface area contributed by atoms with Gasteiger partial charge in [-0.25, -0.2) is 4.79 Å². The molecule has 1 aromatic rings. The van der Waals surface area contributed by atoms with E-state index in [2.05, 4.69) is 24.8 Å². The molecule has 1 aliphatic heterocycles. The molecule has 2 heterocycles. The number of carboxylic acid groups (broad SMARTS) is 1. The van der Waals surface area contributed by atoms with Crippen LogP contribution in [0.3, 0.4) is 0 Å². The molecule has 0 unspecified atom stereocenters. The minimum atomic E-state index is -1.05. The van der Waals surface area contributed by atoms with Gasteiger partial charge in [0, 0.05) is 24.0 Å². The molecule has 1 saturated carbocycles. The van der Waals surface area contributed by atoms with Gasteiger partial charge in [0.1, 0.15) is 4.88 Å². The Hall–Kier alpha value is -2.18. The second kappa shape index (κ2) is 11.9. The number of amides is 1. The van der Waals surface area contributed by atoms with Crippen LogP contribution in [-0.4, -0.2) is 59.7 Å². The van der Waals surface area contributed by atoms with Gasteiger partial charge in [-0.3, -0.25) is 4.79 Å². The third kappa shape index (κ3) is 7.26. The first-order valence-corrected chi connectivity index (χ1v) is 14.6. The zero-order valence-electron chi connectivity index (χ0n) is 23.0. The number of carbonyl (C=O) groups is 2. The molecule has 2 aliphatic carbocycles. The quantitative estimate of drug-likeness (QED) is 0.353. The van der Waals surface area contributed by atoms with Crippen molar-refractivity contribution in [1.82, 2.24) is 0 Å². The fraction of sp³-hybridized carbons (Fsp3) is 0.667. The van der Waals surface area contributed by atoms with Crippen molar-refractivity contribution >= 4 is 28.9 Å². The Bertz CT molecular complexity index is 1110. The topological polar surface area (TPSA) is 96.3 Å². The minimum Gasteiger partial charge on any atom is -0.477 e. The first-order chi connectivity index (χ1) is 17.9. The number of ether oxygens (including phenoxy) is 2. The third-order valence-electron chi connectivity index (χ3n) is 7.68. The predicted octanol–water partition coefficient (Wildman–Crippen LogP) is 5.40. The number of allylic oxidation sites excluding steroid dienone is 2. The second-order valence-electron chi connectivity index (χ2n) is 12.1. The number of hydrogen-bond donors (Lipinski definition) is 2. The van der Waals surface area contributed by atoms with Crippen molar-refractivity contribution in [3.8, 4) is 11.8 Å². The maximum atomic E-state index is 14.0. The molecule has 3 aliphatic rings. The Morgan fingerprint density at radius 3 is 2.55 bits per heavy atom. The number of thiophene rings is 1. The Kier molecular flexibility index (Phi) is 9.03. The highest BCUT2D eigenvalue weighted by Gasteiger charge is 2.41. The van der Waals surface area contributed by atoms with Crippen LogP contribution in [0.25, 0.3) is 0 Å². The van der Waals surface area contributed by atoms with E-state index in [4.69, 9.17) is 9.47 Å². The highest BCUT2D eigenvalue weighted by molar-refractivity contribution is 7.15. The molecule has 4 rings (SSSR count). The largest absolute Gasteiger partial charge is 0.477 e. The molecular formula is C30H41NO6S. The van der Waals surface area contributed by atoms with Crippen LogP contribution in [0.15, 0.2) is 17.7 Å². The standard InChI is InChI=1S/C30H41NO6S/c1-20-5-7-21(8-6-20)27(32)31(25-17-24(11-13-29(2,3)4)38-26(25)28(33)34)22-9-14-30(35,15-10-22)19-37-23-12-16-36-18-23/h5,17,21-23,35H,6-10,12,14-16,18-19H2,1-4H3,(H,33,34)/t21-,22-,23-,30-/m0/s1. The summed E-state index contributed by atoms with van der Waals surface area (Å²) in [4.78, 5) is 28.9. The molecule has 2 fully saturated rings. The average molecular weight is 544 g/mol. The fourth-order valence-corrected chi connectivity index (χ4v) is 6.21. The van der Waals surface area contributed by atoms with Crippen LogP contribution < -0.4 is 4.90 Å². The Morgan fingerprint density at radius 2 is 1.97 bits per heavy atom. The fourth-order valence-electron chi connectivity index (χ4n) is 5.37. The molecule has 0 radical (unpaired) electrons. The van der Waals surface area contributed by atoms with Gasteiger partial charge in [-0.05, 0) is 85.1 Å². The van der Waals surface area contributed by atoms with Crippen LogP contribution in [0.1, 0.15) is 93.6 Å². The van der Waals surface area contributed by atoms with Gasteiger partial charge in [0.25, 0.3) is 0 Å². The highest BCUT2D eigenvalue weighted by atomic mass is 32.1. The summed E-state index contributed by atoms with van der Waals surface area (Å²) in [5.74, 6) is 5.05. The maximum absolute atomic E-state index is 14.0. The van der Waals surface area contributed by atoms with Crippen LogP contribution in [0, 0.1) is 23.2 Å². The SMILES string of the molecule is CC1=CC[C@H](C(=O)N(c2cc(C#CC(C)(C)C)sc2C(=O)O)[C@H]2CC[C@@](O)(CO[C@H]3CCOC3)CC2)CC1.